The van der Waals surface area contributed by atoms with Crippen LogP contribution in [0.2, 0.25) is 0 Å². The van der Waals surface area contributed by atoms with Gasteiger partial charge in [-0.3, -0.25) is 9.40 Å². The third kappa shape index (κ3) is 4.09. The van der Waals surface area contributed by atoms with E-state index in [1.165, 1.54) is 33.1 Å². The van der Waals surface area contributed by atoms with Crippen molar-refractivity contribution >= 4 is 10.2 Å². The first-order valence-corrected chi connectivity index (χ1v) is 12.5. The second-order valence-electron chi connectivity index (χ2n) is 9.05. The minimum absolute atomic E-state index is 0.196. The Kier molecular flexibility index (Phi) is 5.37. The molecule has 0 saturated carbocycles. The van der Waals surface area contributed by atoms with Crippen molar-refractivity contribution in [3.8, 4) is 22.5 Å². The fraction of sp³-hybridized carbons (Fsp3) is 0.320. The topological polar surface area (TPSA) is 67.2 Å². The summed E-state index contributed by atoms with van der Waals surface area (Å²) < 4.78 is 44.1. The summed E-state index contributed by atoms with van der Waals surface area (Å²) in [5.41, 5.74) is 8.24. The number of benzene rings is 2. The molecular weight excluding hydrogens is 439 g/mol. The van der Waals surface area contributed by atoms with Gasteiger partial charge in [-0.25, -0.2) is 4.39 Å². The fourth-order valence-corrected chi connectivity index (χ4v) is 5.60. The van der Waals surface area contributed by atoms with Crippen LogP contribution in [0.4, 0.5) is 4.39 Å². The molecule has 0 amide bonds. The van der Waals surface area contributed by atoms with Gasteiger partial charge in [0.15, 0.2) is 0 Å². The van der Waals surface area contributed by atoms with Crippen LogP contribution in [-0.2, 0) is 30.1 Å². The summed E-state index contributed by atoms with van der Waals surface area (Å²) >= 11 is 0. The minimum atomic E-state index is -3.52. The number of rotatable bonds is 5. The molecule has 1 heterocycles. The van der Waals surface area contributed by atoms with Crippen LogP contribution in [0.3, 0.4) is 0 Å². The number of aromatic nitrogens is 2. The van der Waals surface area contributed by atoms with Crippen molar-refractivity contribution in [1.29, 1.82) is 0 Å². The normalized spacial score (nSPS) is 17.9. The standard InChI is InChI=1S/C25H27FN4O2S/c1-29(2)33(31,32)28-25-19-6-7-20(25)14-21-13-18(5-4-17(21)12-19)23-15-24(30(3)27-23)16-8-10-22(26)11-9-16/h4-5,8-11,13,15,19,28H,6-7,12,14H2,1-3H3/t19-/m0/s1. The van der Waals surface area contributed by atoms with Crippen LogP contribution in [0, 0.1) is 11.7 Å². The van der Waals surface area contributed by atoms with Crippen molar-refractivity contribution in [2.75, 3.05) is 14.1 Å². The molecule has 0 unspecified atom stereocenters. The molecule has 172 valence electrons. The maximum Gasteiger partial charge on any atom is 0.300 e. The average molecular weight is 467 g/mol. The number of nitrogens with zero attached hydrogens (tertiary/aromatic N) is 3. The van der Waals surface area contributed by atoms with E-state index in [9.17, 15) is 12.8 Å². The lowest BCUT2D eigenvalue weighted by Gasteiger charge is -2.19. The summed E-state index contributed by atoms with van der Waals surface area (Å²) in [6, 6.07) is 14.9. The maximum atomic E-state index is 13.3. The van der Waals surface area contributed by atoms with E-state index in [1.807, 2.05) is 17.8 Å². The average Bonchev–Trinajstić information content (AvgIpc) is 3.27. The molecule has 1 aromatic heterocycles. The Morgan fingerprint density at radius 3 is 2.52 bits per heavy atom. The van der Waals surface area contributed by atoms with E-state index in [0.717, 1.165) is 53.9 Å². The van der Waals surface area contributed by atoms with Crippen LogP contribution in [0.15, 0.2) is 59.8 Å². The van der Waals surface area contributed by atoms with Crippen LogP contribution in [-0.4, -0.2) is 36.6 Å². The quantitative estimate of drug-likeness (QED) is 0.617. The number of hydrogen-bond acceptors (Lipinski definition) is 3. The van der Waals surface area contributed by atoms with Crippen molar-refractivity contribution in [2.24, 2.45) is 13.0 Å². The summed E-state index contributed by atoms with van der Waals surface area (Å²) in [7, 11) is 1.45. The van der Waals surface area contributed by atoms with Gasteiger partial charge in [-0.15, -0.1) is 0 Å². The number of aryl methyl sites for hydroxylation is 1. The van der Waals surface area contributed by atoms with E-state index in [4.69, 9.17) is 5.10 Å². The first-order valence-electron chi connectivity index (χ1n) is 11.1. The van der Waals surface area contributed by atoms with Crippen molar-refractivity contribution in [2.45, 2.75) is 25.7 Å². The van der Waals surface area contributed by atoms with Crippen molar-refractivity contribution in [3.05, 3.63) is 76.7 Å². The second-order valence-corrected chi connectivity index (χ2v) is 10.9. The van der Waals surface area contributed by atoms with Gasteiger partial charge in [-0.05, 0) is 84.3 Å². The molecule has 0 spiro atoms. The monoisotopic (exact) mass is 466 g/mol. The Morgan fingerprint density at radius 2 is 1.79 bits per heavy atom. The van der Waals surface area contributed by atoms with Crippen molar-refractivity contribution < 1.29 is 12.8 Å². The zero-order valence-electron chi connectivity index (χ0n) is 19.0. The molecule has 8 heteroatoms. The summed E-state index contributed by atoms with van der Waals surface area (Å²) in [5, 5.41) is 4.70. The molecular formula is C25H27FN4O2S. The van der Waals surface area contributed by atoms with E-state index >= 15 is 0 Å². The molecule has 2 aliphatic rings. The van der Waals surface area contributed by atoms with E-state index < -0.39 is 10.2 Å². The number of fused-ring (bicyclic) bond motifs is 2. The van der Waals surface area contributed by atoms with Gasteiger partial charge in [-0.2, -0.15) is 17.8 Å². The third-order valence-corrected chi connectivity index (χ3v) is 8.13. The summed E-state index contributed by atoms with van der Waals surface area (Å²) in [5.74, 6) is -0.0653. The molecule has 0 radical (unpaired) electrons. The molecule has 2 aromatic carbocycles. The molecule has 1 atom stereocenters. The van der Waals surface area contributed by atoms with Crippen LogP contribution in [0.25, 0.3) is 22.5 Å². The molecule has 1 N–H and O–H groups in total. The van der Waals surface area contributed by atoms with E-state index in [2.05, 4.69) is 22.9 Å². The molecule has 33 heavy (non-hydrogen) atoms. The summed E-state index contributed by atoms with van der Waals surface area (Å²) in [4.78, 5) is 0. The van der Waals surface area contributed by atoms with Gasteiger partial charge in [0.25, 0.3) is 0 Å². The highest BCUT2D eigenvalue weighted by atomic mass is 32.2. The smallest absolute Gasteiger partial charge is 0.274 e. The number of nitrogens with one attached hydrogen (secondary N) is 1. The highest BCUT2D eigenvalue weighted by molar-refractivity contribution is 7.87. The van der Waals surface area contributed by atoms with Gasteiger partial charge in [0.2, 0.25) is 0 Å². The molecule has 0 saturated heterocycles. The van der Waals surface area contributed by atoms with Crippen LogP contribution >= 0.6 is 0 Å². The molecule has 2 aliphatic carbocycles. The highest BCUT2D eigenvalue weighted by Crippen LogP contribution is 2.40. The van der Waals surface area contributed by atoms with Gasteiger partial charge in [0.1, 0.15) is 5.82 Å². The highest BCUT2D eigenvalue weighted by Gasteiger charge is 2.32. The largest absolute Gasteiger partial charge is 0.300 e. The summed E-state index contributed by atoms with van der Waals surface area (Å²) in [6.07, 6.45) is 3.46. The molecule has 6 nitrogen and oxygen atoms in total. The van der Waals surface area contributed by atoms with Crippen LogP contribution in [0.5, 0.6) is 0 Å². The zero-order valence-corrected chi connectivity index (χ0v) is 19.8. The van der Waals surface area contributed by atoms with Crippen molar-refractivity contribution in [1.82, 2.24) is 18.8 Å². The van der Waals surface area contributed by atoms with Crippen LogP contribution < -0.4 is 4.72 Å². The summed E-state index contributed by atoms with van der Waals surface area (Å²) in [6.45, 7) is 0. The van der Waals surface area contributed by atoms with Crippen molar-refractivity contribution in [3.63, 3.8) is 0 Å². The van der Waals surface area contributed by atoms with E-state index in [-0.39, 0.29) is 11.7 Å². The number of hydrogen-bond donors (Lipinski definition) is 1. The zero-order chi connectivity index (χ0) is 23.3. The lowest BCUT2D eigenvalue weighted by atomic mass is 9.90. The predicted molar refractivity (Wildman–Crippen MR) is 127 cm³/mol. The van der Waals surface area contributed by atoms with Gasteiger partial charge in [-0.1, -0.05) is 12.1 Å². The minimum Gasteiger partial charge on any atom is -0.274 e. The lowest BCUT2D eigenvalue weighted by molar-refractivity contribution is 0.502. The Labute approximate surface area is 193 Å². The molecule has 2 bridgehead atoms. The third-order valence-electron chi connectivity index (χ3n) is 6.70. The first kappa shape index (κ1) is 21.9. The number of halogens is 1. The first-order chi connectivity index (χ1) is 15.7. The second kappa shape index (κ2) is 8.11. The van der Waals surface area contributed by atoms with Gasteiger partial charge >= 0.3 is 10.2 Å². The predicted octanol–water partition coefficient (Wildman–Crippen LogP) is 4.05. The molecule has 5 rings (SSSR count). The van der Waals surface area contributed by atoms with Gasteiger partial charge in [0, 0.05) is 38.3 Å². The Hall–Kier alpha value is -2.97. The van der Waals surface area contributed by atoms with E-state index in [0.29, 0.717) is 0 Å². The van der Waals surface area contributed by atoms with Crippen LogP contribution in [0.1, 0.15) is 24.0 Å². The van der Waals surface area contributed by atoms with Gasteiger partial charge in [0.05, 0.1) is 11.4 Å². The molecule has 3 aromatic rings. The molecule has 0 fully saturated rings. The SMILES string of the molecule is CN(C)S(=O)(=O)NC1=C2CC[C@H]1Cc1ccc(-c3cc(-c4ccc(F)cc4)n(C)n3)cc1C2. The Bertz CT molecular complexity index is 1360. The number of allylic oxidation sites excluding steroid dienone is 2. The molecule has 0 aliphatic heterocycles. The fourth-order valence-electron chi connectivity index (χ4n) is 4.83. The van der Waals surface area contributed by atoms with E-state index in [1.54, 1.807) is 26.2 Å². The Morgan fingerprint density at radius 1 is 1.06 bits per heavy atom. The lowest BCUT2D eigenvalue weighted by Crippen LogP contribution is -2.36. The van der Waals surface area contributed by atoms with Gasteiger partial charge < -0.3 is 0 Å². The maximum absolute atomic E-state index is 13.3. The Balaban J connectivity index is 1.47.